The summed E-state index contributed by atoms with van der Waals surface area (Å²) in [7, 11) is 1.61. The van der Waals surface area contributed by atoms with E-state index in [1.165, 1.54) is 11.3 Å². The van der Waals surface area contributed by atoms with Crippen LogP contribution in [0.2, 0.25) is 0 Å². The Bertz CT molecular complexity index is 918. The van der Waals surface area contributed by atoms with Crippen LogP contribution in [0.3, 0.4) is 0 Å². The van der Waals surface area contributed by atoms with Crippen LogP contribution < -0.4 is 15.5 Å². The monoisotopic (exact) mass is 368 g/mol. The molecular formula is C19H20N4O2S. The van der Waals surface area contributed by atoms with Gasteiger partial charge < -0.3 is 10.1 Å². The first kappa shape index (κ1) is 17.9. The van der Waals surface area contributed by atoms with Gasteiger partial charge in [-0.3, -0.25) is 4.79 Å². The molecule has 134 valence electrons. The molecule has 0 radical (unpaired) electrons. The van der Waals surface area contributed by atoms with Crippen molar-refractivity contribution in [2.24, 2.45) is 5.10 Å². The van der Waals surface area contributed by atoms with Crippen molar-refractivity contribution in [3.8, 4) is 5.75 Å². The van der Waals surface area contributed by atoms with Crippen molar-refractivity contribution in [3.05, 3.63) is 54.1 Å². The summed E-state index contributed by atoms with van der Waals surface area (Å²) in [5.41, 5.74) is 5.10. The first-order valence-corrected chi connectivity index (χ1v) is 8.99. The fourth-order valence-electron chi connectivity index (χ4n) is 2.33. The molecule has 7 heteroatoms. The van der Waals surface area contributed by atoms with E-state index < -0.39 is 6.04 Å². The zero-order chi connectivity index (χ0) is 18.5. The molecule has 3 aromatic rings. The molecular weight excluding hydrogens is 348 g/mol. The van der Waals surface area contributed by atoms with Crippen LogP contribution in [0.5, 0.6) is 5.75 Å². The molecule has 0 bridgehead atoms. The van der Waals surface area contributed by atoms with Gasteiger partial charge in [-0.25, -0.2) is 10.4 Å². The second-order valence-corrected chi connectivity index (χ2v) is 6.79. The molecule has 0 spiro atoms. The summed E-state index contributed by atoms with van der Waals surface area (Å²) >= 11 is 1.52. The normalized spacial score (nSPS) is 12.7. The molecule has 1 atom stereocenters. The van der Waals surface area contributed by atoms with Gasteiger partial charge in [0, 0.05) is 5.56 Å². The number of hydrogen-bond acceptors (Lipinski definition) is 6. The third-order valence-electron chi connectivity index (χ3n) is 3.85. The molecule has 1 heterocycles. The summed E-state index contributed by atoms with van der Waals surface area (Å²) in [5, 5.41) is 8.01. The third kappa shape index (κ3) is 4.18. The van der Waals surface area contributed by atoms with Crippen molar-refractivity contribution in [3.63, 3.8) is 0 Å². The lowest BCUT2D eigenvalue weighted by atomic mass is 10.1. The van der Waals surface area contributed by atoms with Crippen LogP contribution in [0.4, 0.5) is 5.13 Å². The predicted molar refractivity (Wildman–Crippen MR) is 106 cm³/mol. The van der Waals surface area contributed by atoms with Crippen LogP contribution in [-0.4, -0.2) is 29.8 Å². The Morgan fingerprint density at radius 3 is 2.81 bits per heavy atom. The Morgan fingerprint density at radius 1 is 1.23 bits per heavy atom. The third-order valence-corrected chi connectivity index (χ3v) is 4.82. The molecule has 0 saturated carbocycles. The van der Waals surface area contributed by atoms with Crippen LogP contribution in [0.15, 0.2) is 53.6 Å². The summed E-state index contributed by atoms with van der Waals surface area (Å²) in [6.45, 7) is 3.61. The summed E-state index contributed by atoms with van der Waals surface area (Å²) in [4.78, 5) is 16.8. The number of carbonyl (C=O) groups excluding carboxylic acids is 1. The van der Waals surface area contributed by atoms with Crippen molar-refractivity contribution >= 4 is 38.3 Å². The lowest BCUT2D eigenvalue weighted by Gasteiger charge is -2.11. The number of amides is 1. The minimum absolute atomic E-state index is 0.230. The number of fused-ring (bicyclic) bond motifs is 1. The number of benzene rings is 2. The molecule has 0 aliphatic carbocycles. The topological polar surface area (TPSA) is 75.6 Å². The standard InChI is InChI=1S/C19H20N4O2S/c1-12(14-7-6-8-15(11-14)25-3)22-23-18(24)13(2)20-19-21-16-9-4-5-10-17(16)26-19/h4-11,13H,1-3H3,(H,20,21)(H,23,24)/b22-12-/t13-/m1/s1. The second-order valence-electron chi connectivity index (χ2n) is 5.76. The average molecular weight is 368 g/mol. The highest BCUT2D eigenvalue weighted by Gasteiger charge is 2.14. The van der Waals surface area contributed by atoms with E-state index in [0.717, 1.165) is 21.5 Å². The number of nitrogens with zero attached hydrogens (tertiary/aromatic N) is 2. The van der Waals surface area contributed by atoms with E-state index in [-0.39, 0.29) is 5.91 Å². The zero-order valence-corrected chi connectivity index (χ0v) is 15.6. The van der Waals surface area contributed by atoms with Crippen LogP contribution in [0.25, 0.3) is 10.2 Å². The minimum Gasteiger partial charge on any atom is -0.497 e. The second kappa shape index (κ2) is 7.97. The van der Waals surface area contributed by atoms with Crippen LogP contribution >= 0.6 is 11.3 Å². The van der Waals surface area contributed by atoms with Crippen LogP contribution in [0.1, 0.15) is 19.4 Å². The first-order chi connectivity index (χ1) is 12.6. The molecule has 0 unspecified atom stereocenters. The molecule has 6 nitrogen and oxygen atoms in total. The van der Waals surface area contributed by atoms with E-state index in [1.54, 1.807) is 14.0 Å². The number of hydrogen-bond donors (Lipinski definition) is 2. The van der Waals surface area contributed by atoms with Gasteiger partial charge in [-0.2, -0.15) is 5.10 Å². The first-order valence-electron chi connectivity index (χ1n) is 8.17. The number of ether oxygens (including phenoxy) is 1. The molecule has 2 N–H and O–H groups in total. The average Bonchev–Trinajstić information content (AvgIpc) is 3.07. The summed E-state index contributed by atoms with van der Waals surface area (Å²) in [6, 6.07) is 14.9. The predicted octanol–water partition coefficient (Wildman–Crippen LogP) is 3.65. The lowest BCUT2D eigenvalue weighted by Crippen LogP contribution is -2.35. The molecule has 2 aromatic carbocycles. The Labute approximate surface area is 155 Å². The molecule has 0 fully saturated rings. The highest BCUT2D eigenvalue weighted by atomic mass is 32.1. The molecule has 0 saturated heterocycles. The fraction of sp³-hybridized carbons (Fsp3) is 0.211. The van der Waals surface area contributed by atoms with E-state index in [1.807, 2.05) is 55.5 Å². The van der Waals surface area contributed by atoms with Crippen molar-refractivity contribution in [1.82, 2.24) is 10.4 Å². The van der Waals surface area contributed by atoms with Gasteiger partial charge >= 0.3 is 0 Å². The lowest BCUT2D eigenvalue weighted by molar-refractivity contribution is -0.121. The van der Waals surface area contributed by atoms with E-state index in [9.17, 15) is 4.79 Å². The van der Waals surface area contributed by atoms with Crippen molar-refractivity contribution in [2.45, 2.75) is 19.9 Å². The highest BCUT2D eigenvalue weighted by molar-refractivity contribution is 7.22. The number of hydrazone groups is 1. The van der Waals surface area contributed by atoms with Gasteiger partial charge in [0.2, 0.25) is 0 Å². The maximum Gasteiger partial charge on any atom is 0.262 e. The van der Waals surface area contributed by atoms with Gasteiger partial charge in [-0.1, -0.05) is 35.6 Å². The minimum atomic E-state index is -0.461. The largest absolute Gasteiger partial charge is 0.497 e. The molecule has 3 rings (SSSR count). The number of aromatic nitrogens is 1. The smallest absolute Gasteiger partial charge is 0.262 e. The quantitative estimate of drug-likeness (QED) is 0.514. The molecule has 1 aromatic heterocycles. The number of para-hydroxylation sites is 1. The zero-order valence-electron chi connectivity index (χ0n) is 14.8. The van der Waals surface area contributed by atoms with Crippen molar-refractivity contribution in [1.29, 1.82) is 0 Å². The SMILES string of the molecule is COc1cccc(/C(C)=N\NC(=O)[C@@H](C)Nc2nc3ccccc3s2)c1. The number of rotatable bonds is 6. The van der Waals surface area contributed by atoms with E-state index in [2.05, 4.69) is 20.8 Å². The number of carbonyl (C=O) groups is 1. The summed E-state index contributed by atoms with van der Waals surface area (Å²) in [6.07, 6.45) is 0. The van der Waals surface area contributed by atoms with Gasteiger partial charge in [-0.05, 0) is 38.1 Å². The maximum atomic E-state index is 12.3. The molecule has 26 heavy (non-hydrogen) atoms. The van der Waals surface area contributed by atoms with E-state index >= 15 is 0 Å². The van der Waals surface area contributed by atoms with Gasteiger partial charge in [0.15, 0.2) is 5.13 Å². The Hall–Kier alpha value is -2.93. The van der Waals surface area contributed by atoms with Crippen LogP contribution in [-0.2, 0) is 4.79 Å². The van der Waals surface area contributed by atoms with Gasteiger partial charge in [0.1, 0.15) is 11.8 Å². The van der Waals surface area contributed by atoms with E-state index in [0.29, 0.717) is 10.8 Å². The van der Waals surface area contributed by atoms with Crippen LogP contribution in [0, 0.1) is 0 Å². The Balaban J connectivity index is 1.63. The Morgan fingerprint density at radius 2 is 2.04 bits per heavy atom. The molecule has 0 aliphatic rings. The highest BCUT2D eigenvalue weighted by Crippen LogP contribution is 2.25. The number of methoxy groups -OCH3 is 1. The fourth-order valence-corrected chi connectivity index (χ4v) is 3.29. The summed E-state index contributed by atoms with van der Waals surface area (Å²) < 4.78 is 6.28. The van der Waals surface area contributed by atoms with Crippen molar-refractivity contribution in [2.75, 3.05) is 12.4 Å². The van der Waals surface area contributed by atoms with Gasteiger partial charge in [0.05, 0.1) is 23.0 Å². The molecule has 1 amide bonds. The summed E-state index contributed by atoms with van der Waals surface area (Å²) in [5.74, 6) is 0.515. The number of nitrogens with one attached hydrogen (secondary N) is 2. The van der Waals surface area contributed by atoms with Crippen molar-refractivity contribution < 1.29 is 9.53 Å². The number of thiazole rings is 1. The maximum absolute atomic E-state index is 12.3. The van der Waals surface area contributed by atoms with E-state index in [4.69, 9.17) is 4.74 Å². The molecule has 0 aliphatic heterocycles. The number of anilines is 1. The van der Waals surface area contributed by atoms with Gasteiger partial charge in [-0.15, -0.1) is 0 Å². The Kier molecular flexibility index (Phi) is 5.48. The van der Waals surface area contributed by atoms with Gasteiger partial charge in [0.25, 0.3) is 5.91 Å².